The van der Waals surface area contributed by atoms with Crippen LogP contribution in [-0.2, 0) is 36.3 Å². The number of aliphatic carboxylic acids is 1. The molecule has 5 rings (SSSR count). The third kappa shape index (κ3) is 4.79. The lowest BCUT2D eigenvalue weighted by Gasteiger charge is -2.45. The van der Waals surface area contributed by atoms with Gasteiger partial charge in [-0.2, -0.15) is 26.3 Å². The number of benzene rings is 2. The Morgan fingerprint density at radius 1 is 0.913 bits per heavy atom. The van der Waals surface area contributed by atoms with Gasteiger partial charge in [0.05, 0.1) is 16.9 Å². The number of halogens is 9. The molecule has 2 fully saturated rings. The third-order valence-electron chi connectivity index (χ3n) is 9.81. The number of carbonyl (C=O) groups excluding carboxylic acids is 1. The Labute approximate surface area is 257 Å². The minimum atomic E-state index is -6.42. The minimum Gasteiger partial charge on any atom is -0.481 e. The van der Waals surface area contributed by atoms with Gasteiger partial charge in [0.1, 0.15) is 10.6 Å². The van der Waals surface area contributed by atoms with Crippen molar-refractivity contribution in [2.45, 2.75) is 84.8 Å². The number of carboxylic acid groups (broad SMARTS) is 1. The highest BCUT2D eigenvalue weighted by Gasteiger charge is 2.74. The van der Waals surface area contributed by atoms with Crippen LogP contribution in [0.4, 0.5) is 39.5 Å². The number of hydrogen-bond acceptors (Lipinski definition) is 4. The van der Waals surface area contributed by atoms with E-state index in [0.29, 0.717) is 12.1 Å². The first-order valence-corrected chi connectivity index (χ1v) is 15.8. The van der Waals surface area contributed by atoms with Crippen molar-refractivity contribution in [3.8, 4) is 0 Å². The van der Waals surface area contributed by atoms with E-state index in [1.807, 2.05) is 0 Å². The summed E-state index contributed by atoms with van der Waals surface area (Å²) in [5.74, 6) is -5.11. The summed E-state index contributed by atoms with van der Waals surface area (Å²) in [6, 6.07) is 3.33. The molecular formula is C30H28F9NO5S. The summed E-state index contributed by atoms with van der Waals surface area (Å²) in [6.45, 7) is 0.985. The SMILES string of the molecule is C[C@H]1CN(C(=O)[C@]2(F)CC[C@@H](C(=O)O)CC2)C2CCc3cc(C(F)(C(F)(F)F)C(F)(F)F)ccc3C21S(=O)(=O)c1ccc(F)cc1. The molecular weight excluding hydrogens is 657 g/mol. The van der Waals surface area contributed by atoms with Gasteiger partial charge in [-0.3, -0.25) is 9.59 Å². The van der Waals surface area contributed by atoms with Crippen LogP contribution in [0.1, 0.15) is 55.7 Å². The molecule has 6 nitrogen and oxygen atoms in total. The van der Waals surface area contributed by atoms with E-state index in [1.54, 1.807) is 0 Å². The number of sulfone groups is 1. The first-order chi connectivity index (χ1) is 21.1. The van der Waals surface area contributed by atoms with Crippen LogP contribution in [0, 0.1) is 17.7 Å². The molecule has 1 heterocycles. The number of alkyl halides is 8. The molecule has 2 unspecified atom stereocenters. The van der Waals surface area contributed by atoms with Gasteiger partial charge in [-0.25, -0.2) is 21.6 Å². The number of nitrogens with zero attached hydrogens (tertiary/aromatic N) is 1. The predicted octanol–water partition coefficient (Wildman–Crippen LogP) is 6.56. The molecule has 1 N–H and O–H groups in total. The quantitative estimate of drug-likeness (QED) is 0.285. The highest BCUT2D eigenvalue weighted by Crippen LogP contribution is 2.58. The summed E-state index contributed by atoms with van der Waals surface area (Å²) in [5.41, 5.74) is -10.8. The maximum Gasteiger partial charge on any atom is 0.435 e. The van der Waals surface area contributed by atoms with Crippen LogP contribution < -0.4 is 0 Å². The van der Waals surface area contributed by atoms with Crippen molar-refractivity contribution in [3.05, 3.63) is 65.0 Å². The van der Waals surface area contributed by atoms with Gasteiger partial charge in [0.15, 0.2) is 15.5 Å². The standard InChI is InChI=1S/C30H28F9NO5S/c1-16-15-40(25(43)26(32)12-10-17(11-13-26)24(41)42)23-9-2-18-14-19(28(33,29(34,35)36)30(37,38)39)3-8-22(18)27(16,23)46(44,45)21-6-4-20(31)5-7-21/h3-8,14,16-17,23H,2,9-13,15H2,1H3,(H,41,42)/t16-,17-,23?,26+,27?/m0/s1. The first-order valence-electron chi connectivity index (χ1n) is 14.3. The van der Waals surface area contributed by atoms with Gasteiger partial charge in [0.2, 0.25) is 0 Å². The molecule has 16 heteroatoms. The van der Waals surface area contributed by atoms with Crippen molar-refractivity contribution in [2.24, 2.45) is 11.8 Å². The van der Waals surface area contributed by atoms with E-state index >= 15 is 8.78 Å². The average Bonchev–Trinajstić information content (AvgIpc) is 3.29. The Morgan fingerprint density at radius 3 is 2.00 bits per heavy atom. The van der Waals surface area contributed by atoms with E-state index in [2.05, 4.69) is 0 Å². The fourth-order valence-corrected chi connectivity index (χ4v) is 10.1. The van der Waals surface area contributed by atoms with Gasteiger partial charge in [-0.15, -0.1) is 0 Å². The Morgan fingerprint density at radius 2 is 1.48 bits per heavy atom. The van der Waals surface area contributed by atoms with Crippen LogP contribution >= 0.6 is 0 Å². The van der Waals surface area contributed by atoms with E-state index < -0.39 is 110 Å². The highest BCUT2D eigenvalue weighted by atomic mass is 32.2. The lowest BCUT2D eigenvalue weighted by molar-refractivity contribution is -0.348. The summed E-state index contributed by atoms with van der Waals surface area (Å²) in [6.07, 6.45) is -14.9. The lowest BCUT2D eigenvalue weighted by atomic mass is 9.73. The zero-order chi connectivity index (χ0) is 34.3. The topological polar surface area (TPSA) is 91.8 Å². The zero-order valence-electron chi connectivity index (χ0n) is 24.1. The van der Waals surface area contributed by atoms with E-state index in [4.69, 9.17) is 0 Å². The van der Waals surface area contributed by atoms with Gasteiger partial charge in [0.25, 0.3) is 5.91 Å². The first kappa shape index (κ1) is 34.0. The summed E-state index contributed by atoms with van der Waals surface area (Å²) in [4.78, 5) is 25.7. The molecule has 3 aliphatic rings. The van der Waals surface area contributed by atoms with Crippen molar-refractivity contribution in [3.63, 3.8) is 0 Å². The average molecular weight is 686 g/mol. The molecule has 0 radical (unpaired) electrons. The predicted molar refractivity (Wildman–Crippen MR) is 143 cm³/mol. The molecule has 2 aromatic carbocycles. The molecule has 1 saturated carbocycles. The molecule has 1 aliphatic heterocycles. The second kappa shape index (κ2) is 10.9. The van der Waals surface area contributed by atoms with Crippen LogP contribution in [0.2, 0.25) is 0 Å². The highest BCUT2D eigenvalue weighted by molar-refractivity contribution is 7.92. The van der Waals surface area contributed by atoms with E-state index in [9.17, 15) is 53.8 Å². The monoisotopic (exact) mass is 685 g/mol. The van der Waals surface area contributed by atoms with Crippen molar-refractivity contribution in [1.82, 2.24) is 4.90 Å². The third-order valence-corrected chi connectivity index (χ3v) is 12.5. The van der Waals surface area contributed by atoms with Gasteiger partial charge in [0, 0.05) is 12.1 Å². The summed E-state index contributed by atoms with van der Waals surface area (Å²) >= 11 is 0. The fourth-order valence-electron chi connectivity index (χ4n) is 7.52. The van der Waals surface area contributed by atoms with Gasteiger partial charge >= 0.3 is 24.0 Å². The summed E-state index contributed by atoms with van der Waals surface area (Å²) in [7, 11) is -4.78. The van der Waals surface area contributed by atoms with E-state index in [1.165, 1.54) is 6.92 Å². The molecule has 46 heavy (non-hydrogen) atoms. The van der Waals surface area contributed by atoms with Crippen molar-refractivity contribution in [1.29, 1.82) is 0 Å². The zero-order valence-corrected chi connectivity index (χ0v) is 24.9. The smallest absolute Gasteiger partial charge is 0.435 e. The van der Waals surface area contributed by atoms with Crippen molar-refractivity contribution in [2.75, 3.05) is 6.54 Å². The number of amides is 1. The molecule has 2 aliphatic carbocycles. The maximum atomic E-state index is 16.2. The second-order valence-electron chi connectivity index (χ2n) is 12.3. The molecule has 0 spiro atoms. The summed E-state index contributed by atoms with van der Waals surface area (Å²) < 4.78 is 154. The van der Waals surface area contributed by atoms with Crippen LogP contribution in [0.25, 0.3) is 0 Å². The van der Waals surface area contributed by atoms with Gasteiger partial charge in [-0.05, 0) is 79.8 Å². The van der Waals surface area contributed by atoms with Crippen LogP contribution in [0.3, 0.4) is 0 Å². The van der Waals surface area contributed by atoms with Crippen molar-refractivity contribution >= 4 is 21.7 Å². The molecule has 1 amide bonds. The molecule has 1 saturated heterocycles. The molecule has 3 atom stereocenters. The maximum absolute atomic E-state index is 16.2. The number of fused-ring (bicyclic) bond motifs is 3. The largest absolute Gasteiger partial charge is 0.481 e. The number of carbonyl (C=O) groups is 2. The molecule has 2 aromatic rings. The number of hydrogen-bond donors (Lipinski definition) is 1. The van der Waals surface area contributed by atoms with E-state index in [-0.39, 0.29) is 36.5 Å². The second-order valence-corrected chi connectivity index (χ2v) is 14.4. The van der Waals surface area contributed by atoms with E-state index in [0.717, 1.165) is 29.2 Å². The Bertz CT molecular complexity index is 1640. The fraction of sp³-hybridized carbons (Fsp3) is 0.533. The number of rotatable bonds is 5. The normalized spacial score (nSPS) is 28.8. The van der Waals surface area contributed by atoms with Gasteiger partial charge < -0.3 is 10.0 Å². The molecule has 0 bridgehead atoms. The Balaban J connectivity index is 1.68. The van der Waals surface area contributed by atoms with Crippen LogP contribution in [-0.4, -0.2) is 60.9 Å². The number of likely N-dealkylation sites (tertiary alicyclic amines) is 1. The Kier molecular flexibility index (Phi) is 8.05. The van der Waals surface area contributed by atoms with Crippen LogP contribution in [0.15, 0.2) is 47.4 Å². The lowest BCUT2D eigenvalue weighted by Crippen LogP contribution is -2.57. The Hall–Kier alpha value is -3.30. The molecule has 252 valence electrons. The van der Waals surface area contributed by atoms with Crippen LogP contribution in [0.5, 0.6) is 0 Å². The van der Waals surface area contributed by atoms with Gasteiger partial charge in [-0.1, -0.05) is 25.1 Å². The minimum absolute atomic E-state index is 0.167. The number of aryl methyl sites for hydroxylation is 1. The molecule has 0 aromatic heterocycles. The van der Waals surface area contributed by atoms with Crippen molar-refractivity contribution < 1.29 is 62.6 Å². The summed E-state index contributed by atoms with van der Waals surface area (Å²) in [5, 5.41) is 9.29. The number of carboxylic acids is 1.